The molecule has 0 aliphatic heterocycles. The number of hydrogen-bond acceptors (Lipinski definition) is 2. The largest absolute Gasteiger partial charge is 0.411 e. The van der Waals surface area contributed by atoms with E-state index in [9.17, 15) is 0 Å². The van der Waals surface area contributed by atoms with E-state index in [2.05, 4.69) is 30.3 Å². The molecular formula is C15H21NO. The molecule has 0 spiro atoms. The first kappa shape index (κ1) is 12.2. The van der Waals surface area contributed by atoms with Crippen LogP contribution in [0.25, 0.3) is 0 Å². The molecule has 17 heavy (non-hydrogen) atoms. The number of unbranched alkanes of at least 4 members (excludes halogenated alkanes) is 3. The molecule has 0 radical (unpaired) electrons. The molecule has 0 atom stereocenters. The van der Waals surface area contributed by atoms with Crippen molar-refractivity contribution in [2.24, 2.45) is 5.16 Å². The molecular weight excluding hydrogens is 210 g/mol. The maximum atomic E-state index is 8.87. The van der Waals surface area contributed by atoms with Gasteiger partial charge in [-0.05, 0) is 36.8 Å². The van der Waals surface area contributed by atoms with E-state index in [1.807, 2.05) is 0 Å². The van der Waals surface area contributed by atoms with Crippen LogP contribution in [0.3, 0.4) is 0 Å². The molecule has 2 heteroatoms. The Morgan fingerprint density at radius 3 is 2.82 bits per heavy atom. The fourth-order valence-corrected chi connectivity index (χ4v) is 2.54. The molecule has 0 saturated heterocycles. The Balaban J connectivity index is 1.98. The van der Waals surface area contributed by atoms with Crippen LogP contribution >= 0.6 is 0 Å². The highest BCUT2D eigenvalue weighted by Gasteiger charge is 2.17. The lowest BCUT2D eigenvalue weighted by atomic mass is 10.0. The van der Waals surface area contributed by atoms with Crippen molar-refractivity contribution in [1.29, 1.82) is 0 Å². The number of oxime groups is 1. The minimum absolute atomic E-state index is 0.845. The second-order valence-corrected chi connectivity index (χ2v) is 4.85. The lowest BCUT2D eigenvalue weighted by Gasteiger charge is -2.04. The summed E-state index contributed by atoms with van der Waals surface area (Å²) in [5.41, 5.74) is 4.77. The number of benzene rings is 1. The average Bonchev–Trinajstić information content (AvgIpc) is 2.77. The van der Waals surface area contributed by atoms with Crippen molar-refractivity contribution < 1.29 is 5.21 Å². The number of aryl methyl sites for hydroxylation is 2. The van der Waals surface area contributed by atoms with Crippen molar-refractivity contribution in [2.75, 3.05) is 0 Å². The van der Waals surface area contributed by atoms with Gasteiger partial charge in [-0.25, -0.2) is 0 Å². The van der Waals surface area contributed by atoms with E-state index in [1.165, 1.54) is 43.2 Å². The summed E-state index contributed by atoms with van der Waals surface area (Å²) in [6.07, 6.45) is 8.33. The van der Waals surface area contributed by atoms with Gasteiger partial charge < -0.3 is 5.21 Å². The molecule has 1 aromatic rings. The van der Waals surface area contributed by atoms with Crippen molar-refractivity contribution in [3.05, 3.63) is 34.9 Å². The van der Waals surface area contributed by atoms with Gasteiger partial charge in [0.05, 0.1) is 5.71 Å². The molecule has 1 aliphatic rings. The molecule has 2 rings (SSSR count). The van der Waals surface area contributed by atoms with Crippen LogP contribution in [0.2, 0.25) is 0 Å². The van der Waals surface area contributed by atoms with Gasteiger partial charge in [0, 0.05) is 5.56 Å². The monoisotopic (exact) mass is 231 g/mol. The fraction of sp³-hybridized carbons (Fsp3) is 0.533. The molecule has 92 valence electrons. The zero-order chi connectivity index (χ0) is 12.1. The first-order valence-corrected chi connectivity index (χ1v) is 6.68. The van der Waals surface area contributed by atoms with E-state index in [0.29, 0.717) is 0 Å². The molecule has 0 heterocycles. The third-order valence-corrected chi connectivity index (χ3v) is 3.55. The third kappa shape index (κ3) is 2.87. The Labute approximate surface area is 103 Å². The van der Waals surface area contributed by atoms with Gasteiger partial charge in [0.25, 0.3) is 0 Å². The Bertz CT molecular complexity index is 409. The number of fused-ring (bicyclic) bond motifs is 1. The van der Waals surface area contributed by atoms with Crippen LogP contribution in [0.5, 0.6) is 0 Å². The lowest BCUT2D eigenvalue weighted by molar-refractivity contribution is 0.318. The van der Waals surface area contributed by atoms with Crippen LogP contribution in [0.15, 0.2) is 23.4 Å². The Hall–Kier alpha value is -1.31. The molecule has 1 aromatic carbocycles. The standard InChI is InChI=1S/C15H21NO/c1-2-3-4-5-6-12-7-9-14-13(11-12)8-10-15(14)16-17/h7,9,11,17H,2-6,8,10H2,1H3. The van der Waals surface area contributed by atoms with Crippen LogP contribution in [0, 0.1) is 0 Å². The maximum Gasteiger partial charge on any atom is 0.0873 e. The molecule has 1 aliphatic carbocycles. The summed E-state index contributed by atoms with van der Waals surface area (Å²) < 4.78 is 0. The summed E-state index contributed by atoms with van der Waals surface area (Å²) in [4.78, 5) is 0. The normalized spacial score (nSPS) is 16.4. The highest BCUT2D eigenvalue weighted by Crippen LogP contribution is 2.24. The van der Waals surface area contributed by atoms with Gasteiger partial charge in [-0.3, -0.25) is 0 Å². The fourth-order valence-electron chi connectivity index (χ4n) is 2.54. The zero-order valence-electron chi connectivity index (χ0n) is 10.6. The zero-order valence-corrected chi connectivity index (χ0v) is 10.6. The van der Waals surface area contributed by atoms with Gasteiger partial charge in [-0.15, -0.1) is 0 Å². The highest BCUT2D eigenvalue weighted by molar-refractivity contribution is 6.04. The Morgan fingerprint density at radius 2 is 2.06 bits per heavy atom. The van der Waals surface area contributed by atoms with Crippen molar-refractivity contribution in [3.63, 3.8) is 0 Å². The topological polar surface area (TPSA) is 32.6 Å². The molecule has 0 unspecified atom stereocenters. The summed E-state index contributed by atoms with van der Waals surface area (Å²) in [5.74, 6) is 0. The molecule has 0 fully saturated rings. The molecule has 0 aromatic heterocycles. The van der Waals surface area contributed by atoms with Crippen LogP contribution in [-0.4, -0.2) is 10.9 Å². The highest BCUT2D eigenvalue weighted by atomic mass is 16.4. The smallest absolute Gasteiger partial charge is 0.0873 e. The van der Waals surface area contributed by atoms with Gasteiger partial charge in [-0.2, -0.15) is 0 Å². The number of rotatable bonds is 5. The van der Waals surface area contributed by atoms with E-state index in [-0.39, 0.29) is 0 Å². The summed E-state index contributed by atoms with van der Waals surface area (Å²) in [6, 6.07) is 6.59. The van der Waals surface area contributed by atoms with Crippen LogP contribution < -0.4 is 0 Å². The van der Waals surface area contributed by atoms with Gasteiger partial charge in [0.2, 0.25) is 0 Å². The van der Waals surface area contributed by atoms with Crippen molar-refractivity contribution in [3.8, 4) is 0 Å². The lowest BCUT2D eigenvalue weighted by Crippen LogP contribution is -1.95. The van der Waals surface area contributed by atoms with Gasteiger partial charge >= 0.3 is 0 Å². The molecule has 0 amide bonds. The number of nitrogens with zero attached hydrogens (tertiary/aromatic N) is 1. The molecule has 1 N–H and O–H groups in total. The molecule has 0 bridgehead atoms. The van der Waals surface area contributed by atoms with E-state index >= 15 is 0 Å². The second-order valence-electron chi connectivity index (χ2n) is 4.85. The minimum atomic E-state index is 0.845. The van der Waals surface area contributed by atoms with Gasteiger partial charge in [0.15, 0.2) is 0 Å². The predicted molar refractivity (Wildman–Crippen MR) is 70.9 cm³/mol. The third-order valence-electron chi connectivity index (χ3n) is 3.55. The summed E-state index contributed by atoms with van der Waals surface area (Å²) >= 11 is 0. The van der Waals surface area contributed by atoms with E-state index in [0.717, 1.165) is 24.1 Å². The van der Waals surface area contributed by atoms with Crippen molar-refractivity contribution >= 4 is 5.71 Å². The summed E-state index contributed by atoms with van der Waals surface area (Å²) in [7, 11) is 0. The quantitative estimate of drug-likeness (QED) is 0.465. The predicted octanol–water partition coefficient (Wildman–Crippen LogP) is 3.93. The van der Waals surface area contributed by atoms with Crippen LogP contribution in [0.4, 0.5) is 0 Å². The van der Waals surface area contributed by atoms with Crippen molar-refractivity contribution in [1.82, 2.24) is 0 Å². The maximum absolute atomic E-state index is 8.87. The SMILES string of the molecule is CCCCCCc1ccc2c(c1)CCC2=NO. The second kappa shape index (κ2) is 5.85. The number of hydrogen-bond donors (Lipinski definition) is 1. The van der Waals surface area contributed by atoms with Crippen LogP contribution in [0.1, 0.15) is 55.7 Å². The Morgan fingerprint density at radius 1 is 1.18 bits per heavy atom. The van der Waals surface area contributed by atoms with Gasteiger partial charge in [-0.1, -0.05) is 49.5 Å². The van der Waals surface area contributed by atoms with Crippen molar-refractivity contribution in [2.45, 2.75) is 51.9 Å². The molecule has 0 saturated carbocycles. The minimum Gasteiger partial charge on any atom is -0.411 e. The summed E-state index contributed by atoms with van der Waals surface area (Å²) in [6.45, 7) is 2.24. The average molecular weight is 231 g/mol. The van der Waals surface area contributed by atoms with E-state index < -0.39 is 0 Å². The van der Waals surface area contributed by atoms with Crippen LogP contribution in [-0.2, 0) is 12.8 Å². The molecule has 2 nitrogen and oxygen atoms in total. The first-order valence-electron chi connectivity index (χ1n) is 6.68. The Kier molecular flexibility index (Phi) is 4.18. The van der Waals surface area contributed by atoms with Gasteiger partial charge in [0.1, 0.15) is 0 Å². The summed E-state index contributed by atoms with van der Waals surface area (Å²) in [5, 5.41) is 12.2. The van der Waals surface area contributed by atoms with E-state index in [4.69, 9.17) is 5.21 Å². The first-order chi connectivity index (χ1) is 8.35. The van der Waals surface area contributed by atoms with E-state index in [1.54, 1.807) is 0 Å².